The summed E-state index contributed by atoms with van der Waals surface area (Å²) in [5.74, 6) is 0. The molecule has 0 N–H and O–H groups in total. The molecular weight excluding hydrogens is 556 g/mol. The molecule has 10 aromatic rings. The SMILES string of the molecule is c1ccc2cc(-n3c4ccccc4c4cc(-c5ccc6c7ccccc7n(-c7ccc8ccccc8c7)c6c5)ccc43)ccc2c1. The van der Waals surface area contributed by atoms with Crippen LogP contribution < -0.4 is 0 Å². The van der Waals surface area contributed by atoms with E-state index in [1.54, 1.807) is 0 Å². The van der Waals surface area contributed by atoms with Crippen molar-refractivity contribution in [1.82, 2.24) is 9.13 Å². The lowest BCUT2D eigenvalue weighted by molar-refractivity contribution is 1.18. The highest BCUT2D eigenvalue weighted by Crippen LogP contribution is 2.38. The van der Waals surface area contributed by atoms with Crippen molar-refractivity contribution in [3.63, 3.8) is 0 Å². The molecule has 2 nitrogen and oxygen atoms in total. The summed E-state index contributed by atoms with van der Waals surface area (Å²) in [6.07, 6.45) is 0. The first-order valence-corrected chi connectivity index (χ1v) is 15.9. The second kappa shape index (κ2) is 9.69. The first-order chi connectivity index (χ1) is 22.8. The van der Waals surface area contributed by atoms with E-state index in [9.17, 15) is 0 Å². The third-order valence-corrected chi connectivity index (χ3v) is 9.66. The van der Waals surface area contributed by atoms with E-state index < -0.39 is 0 Å². The molecule has 0 aliphatic heterocycles. The minimum Gasteiger partial charge on any atom is -0.309 e. The molecule has 2 heterocycles. The van der Waals surface area contributed by atoms with Crippen molar-refractivity contribution in [2.75, 3.05) is 0 Å². The van der Waals surface area contributed by atoms with Gasteiger partial charge in [0.15, 0.2) is 0 Å². The molecule has 10 rings (SSSR count). The van der Waals surface area contributed by atoms with Gasteiger partial charge >= 0.3 is 0 Å². The van der Waals surface area contributed by atoms with Gasteiger partial charge in [0.25, 0.3) is 0 Å². The van der Waals surface area contributed by atoms with E-state index in [-0.39, 0.29) is 0 Å². The number of aromatic nitrogens is 2. The predicted octanol–water partition coefficient (Wildman–Crippen LogP) is 11.9. The van der Waals surface area contributed by atoms with E-state index in [2.05, 4.69) is 179 Å². The van der Waals surface area contributed by atoms with Gasteiger partial charge < -0.3 is 9.13 Å². The van der Waals surface area contributed by atoms with Crippen LogP contribution in [-0.4, -0.2) is 9.13 Å². The fraction of sp³-hybridized carbons (Fsp3) is 0. The summed E-state index contributed by atoms with van der Waals surface area (Å²) in [7, 11) is 0. The van der Waals surface area contributed by atoms with Crippen LogP contribution in [0.2, 0.25) is 0 Å². The van der Waals surface area contributed by atoms with Crippen LogP contribution in [0.3, 0.4) is 0 Å². The van der Waals surface area contributed by atoms with Crippen molar-refractivity contribution >= 4 is 65.2 Å². The molecule has 0 unspecified atom stereocenters. The average molecular weight is 585 g/mol. The van der Waals surface area contributed by atoms with Gasteiger partial charge in [0.1, 0.15) is 0 Å². The zero-order valence-corrected chi connectivity index (χ0v) is 25.1. The first kappa shape index (κ1) is 25.2. The topological polar surface area (TPSA) is 9.86 Å². The standard InChI is InChI=1S/C44H28N2/c1-3-11-31-25-35(21-17-29(31)9-1)45-42-16-8-6-14-38(42)40-27-33(20-24-43(40)45)34-19-23-39-37-13-5-7-15-41(37)46(44(39)28-34)36-22-18-30-10-2-4-12-32(30)26-36/h1-28H. The molecule has 0 amide bonds. The minimum atomic E-state index is 1.18. The van der Waals surface area contributed by atoms with Gasteiger partial charge in [-0.25, -0.2) is 0 Å². The Morgan fingerprint density at radius 1 is 0.261 bits per heavy atom. The van der Waals surface area contributed by atoms with Crippen molar-refractivity contribution in [1.29, 1.82) is 0 Å². The zero-order chi connectivity index (χ0) is 30.2. The van der Waals surface area contributed by atoms with E-state index in [0.29, 0.717) is 0 Å². The lowest BCUT2D eigenvalue weighted by Crippen LogP contribution is -1.94. The third kappa shape index (κ3) is 3.71. The number of hydrogen-bond acceptors (Lipinski definition) is 0. The number of rotatable bonds is 3. The molecule has 0 fully saturated rings. The van der Waals surface area contributed by atoms with E-state index in [1.165, 1.54) is 87.7 Å². The lowest BCUT2D eigenvalue weighted by atomic mass is 10.0. The smallest absolute Gasteiger partial charge is 0.0547 e. The molecule has 0 saturated heterocycles. The highest BCUT2D eigenvalue weighted by atomic mass is 15.0. The van der Waals surface area contributed by atoms with E-state index in [4.69, 9.17) is 0 Å². The molecule has 0 atom stereocenters. The van der Waals surface area contributed by atoms with Crippen molar-refractivity contribution in [3.05, 3.63) is 170 Å². The molecule has 2 aromatic heterocycles. The Hall–Kier alpha value is -6.12. The first-order valence-electron chi connectivity index (χ1n) is 15.9. The van der Waals surface area contributed by atoms with Gasteiger partial charge in [0, 0.05) is 32.9 Å². The quantitative estimate of drug-likeness (QED) is 0.195. The largest absolute Gasteiger partial charge is 0.309 e. The number of fused-ring (bicyclic) bond motifs is 8. The van der Waals surface area contributed by atoms with E-state index in [0.717, 1.165) is 0 Å². The number of benzene rings is 8. The summed E-state index contributed by atoms with van der Waals surface area (Å²) >= 11 is 0. The van der Waals surface area contributed by atoms with Crippen LogP contribution in [0.25, 0.3) is 87.7 Å². The monoisotopic (exact) mass is 584 g/mol. The van der Waals surface area contributed by atoms with Crippen LogP contribution in [0, 0.1) is 0 Å². The molecule has 0 bridgehead atoms. The lowest BCUT2D eigenvalue weighted by Gasteiger charge is -2.11. The maximum Gasteiger partial charge on any atom is 0.0547 e. The molecule has 0 radical (unpaired) electrons. The van der Waals surface area contributed by atoms with Crippen LogP contribution in [-0.2, 0) is 0 Å². The molecule has 214 valence electrons. The van der Waals surface area contributed by atoms with Crippen LogP contribution in [0.4, 0.5) is 0 Å². The fourth-order valence-corrected chi connectivity index (χ4v) is 7.49. The fourth-order valence-electron chi connectivity index (χ4n) is 7.49. The summed E-state index contributed by atoms with van der Waals surface area (Å²) in [5.41, 5.74) is 9.65. The Balaban J connectivity index is 1.19. The number of nitrogens with zero attached hydrogens (tertiary/aromatic N) is 2. The summed E-state index contributed by atoms with van der Waals surface area (Å²) in [5, 5.41) is 10.1. The van der Waals surface area contributed by atoms with Gasteiger partial charge in [-0.3, -0.25) is 0 Å². The Morgan fingerprint density at radius 2 is 0.717 bits per heavy atom. The molecule has 0 saturated carbocycles. The minimum absolute atomic E-state index is 1.18. The van der Waals surface area contributed by atoms with Crippen LogP contribution in [0.1, 0.15) is 0 Å². The van der Waals surface area contributed by atoms with Gasteiger partial charge in [-0.05, 0) is 87.3 Å². The van der Waals surface area contributed by atoms with Gasteiger partial charge in [-0.1, -0.05) is 115 Å². The van der Waals surface area contributed by atoms with E-state index in [1.807, 2.05) is 0 Å². The number of hydrogen-bond donors (Lipinski definition) is 0. The maximum atomic E-state index is 2.42. The highest BCUT2D eigenvalue weighted by Gasteiger charge is 2.16. The van der Waals surface area contributed by atoms with Crippen molar-refractivity contribution in [2.24, 2.45) is 0 Å². The zero-order valence-electron chi connectivity index (χ0n) is 25.1. The molecule has 46 heavy (non-hydrogen) atoms. The van der Waals surface area contributed by atoms with Gasteiger partial charge in [0.2, 0.25) is 0 Å². The highest BCUT2D eigenvalue weighted by molar-refractivity contribution is 6.12. The van der Waals surface area contributed by atoms with E-state index >= 15 is 0 Å². The summed E-state index contributed by atoms with van der Waals surface area (Å²) < 4.78 is 4.83. The van der Waals surface area contributed by atoms with Crippen LogP contribution in [0.5, 0.6) is 0 Å². The van der Waals surface area contributed by atoms with Crippen molar-refractivity contribution in [3.8, 4) is 22.5 Å². The molecule has 2 heteroatoms. The summed E-state index contributed by atoms with van der Waals surface area (Å²) in [6.45, 7) is 0. The average Bonchev–Trinajstić information content (AvgIpc) is 3.63. The van der Waals surface area contributed by atoms with Gasteiger partial charge in [0.05, 0.1) is 22.1 Å². The van der Waals surface area contributed by atoms with Crippen LogP contribution in [0.15, 0.2) is 170 Å². The Kier molecular flexibility index (Phi) is 5.31. The van der Waals surface area contributed by atoms with Gasteiger partial charge in [-0.2, -0.15) is 0 Å². The normalized spacial score (nSPS) is 11.9. The maximum absolute atomic E-state index is 2.42. The van der Waals surface area contributed by atoms with Crippen molar-refractivity contribution < 1.29 is 0 Å². The molecule has 0 aliphatic carbocycles. The third-order valence-electron chi connectivity index (χ3n) is 9.66. The summed E-state index contributed by atoms with van der Waals surface area (Å²) in [4.78, 5) is 0. The summed E-state index contributed by atoms with van der Waals surface area (Å²) in [6, 6.07) is 62.1. The predicted molar refractivity (Wildman–Crippen MR) is 196 cm³/mol. The second-order valence-corrected chi connectivity index (χ2v) is 12.2. The van der Waals surface area contributed by atoms with Crippen molar-refractivity contribution in [2.45, 2.75) is 0 Å². The molecule has 0 aliphatic rings. The number of para-hydroxylation sites is 2. The van der Waals surface area contributed by atoms with Crippen LogP contribution >= 0.6 is 0 Å². The molecule has 8 aromatic carbocycles. The Labute approximate surface area is 266 Å². The Morgan fingerprint density at radius 3 is 1.37 bits per heavy atom. The Bertz CT molecular complexity index is 2810. The van der Waals surface area contributed by atoms with Gasteiger partial charge in [-0.15, -0.1) is 0 Å². The molecule has 0 spiro atoms. The second-order valence-electron chi connectivity index (χ2n) is 12.2. The molecular formula is C44H28N2.